The molecule has 4 nitrogen and oxygen atoms in total. The maximum Gasteiger partial charge on any atom is 0.274 e. The minimum atomic E-state index is -0.363. The molecule has 8 heteroatoms. The molecule has 23 heavy (non-hydrogen) atoms. The van der Waals surface area contributed by atoms with Gasteiger partial charge in [-0.25, -0.2) is 4.98 Å². The number of aromatic nitrogens is 2. The second kappa shape index (κ2) is 6.21. The van der Waals surface area contributed by atoms with Crippen LogP contribution in [0.1, 0.15) is 16.2 Å². The van der Waals surface area contributed by atoms with Crippen LogP contribution in [-0.4, -0.2) is 15.3 Å². The van der Waals surface area contributed by atoms with Crippen LogP contribution in [0.4, 0.5) is 5.69 Å². The number of nitrogens with zero attached hydrogens (tertiary/aromatic N) is 2. The van der Waals surface area contributed by atoms with Gasteiger partial charge in [-0.05, 0) is 25.1 Å². The number of rotatable bonds is 2. The Morgan fingerprint density at radius 3 is 2.52 bits per heavy atom. The minimum Gasteiger partial charge on any atom is -0.319 e. The molecule has 0 spiro atoms. The molecule has 2 aromatic heterocycles. The van der Waals surface area contributed by atoms with Gasteiger partial charge in [0.1, 0.15) is 11.3 Å². The fourth-order valence-corrected chi connectivity index (χ4v) is 2.96. The van der Waals surface area contributed by atoms with Crippen molar-refractivity contribution in [2.75, 3.05) is 5.32 Å². The largest absolute Gasteiger partial charge is 0.319 e. The van der Waals surface area contributed by atoms with Crippen molar-refractivity contribution in [1.29, 1.82) is 0 Å². The predicted molar refractivity (Wildman–Crippen MR) is 94.4 cm³/mol. The first-order valence-corrected chi connectivity index (χ1v) is 7.98. The maximum atomic E-state index is 12.6. The van der Waals surface area contributed by atoms with Crippen LogP contribution in [0.3, 0.4) is 0 Å². The summed E-state index contributed by atoms with van der Waals surface area (Å²) in [6, 6.07) is 6.33. The number of halogens is 4. The molecule has 3 aromatic rings. The third kappa shape index (κ3) is 3.12. The van der Waals surface area contributed by atoms with E-state index in [-0.39, 0.29) is 5.91 Å². The van der Waals surface area contributed by atoms with Gasteiger partial charge in [0.15, 0.2) is 0 Å². The fourth-order valence-electron chi connectivity index (χ4n) is 2.21. The zero-order valence-corrected chi connectivity index (χ0v) is 14.7. The van der Waals surface area contributed by atoms with Gasteiger partial charge in [0.2, 0.25) is 0 Å². The molecule has 0 radical (unpaired) electrons. The molecule has 0 bridgehead atoms. The third-order valence-electron chi connectivity index (χ3n) is 3.24. The molecule has 1 aromatic carbocycles. The van der Waals surface area contributed by atoms with Gasteiger partial charge < -0.3 is 5.32 Å². The Morgan fingerprint density at radius 1 is 1.09 bits per heavy atom. The molecule has 0 unspecified atom stereocenters. The second-order valence-electron chi connectivity index (χ2n) is 4.82. The number of fused-ring (bicyclic) bond motifs is 1. The van der Waals surface area contributed by atoms with Crippen LogP contribution in [0, 0.1) is 6.92 Å². The Morgan fingerprint density at radius 2 is 1.78 bits per heavy atom. The first kappa shape index (κ1) is 16.4. The second-order valence-corrected chi connectivity index (χ2v) is 6.48. The average molecular weight is 389 g/mol. The Hall–Kier alpha value is -1.46. The Bertz CT molecular complexity index is 936. The van der Waals surface area contributed by atoms with Crippen molar-refractivity contribution in [3.63, 3.8) is 0 Å². The van der Waals surface area contributed by atoms with E-state index in [1.807, 2.05) is 0 Å². The summed E-state index contributed by atoms with van der Waals surface area (Å²) in [6.07, 6.45) is 1.68. The van der Waals surface area contributed by atoms with E-state index >= 15 is 0 Å². The highest BCUT2D eigenvalue weighted by Crippen LogP contribution is 2.32. The number of carbonyl (C=O) groups excluding carboxylic acids is 1. The zero-order valence-electron chi connectivity index (χ0n) is 11.7. The molecule has 0 atom stereocenters. The van der Waals surface area contributed by atoms with Crippen molar-refractivity contribution in [3.05, 3.63) is 61.9 Å². The van der Waals surface area contributed by atoms with E-state index in [4.69, 9.17) is 46.4 Å². The average Bonchev–Trinajstić information content (AvgIpc) is 2.79. The number of hydrogen-bond donors (Lipinski definition) is 1. The normalized spacial score (nSPS) is 11.0. The summed E-state index contributed by atoms with van der Waals surface area (Å²) < 4.78 is 1.65. The van der Waals surface area contributed by atoms with Crippen LogP contribution >= 0.6 is 46.4 Å². The molecule has 118 valence electrons. The number of pyridine rings is 1. The zero-order chi connectivity index (χ0) is 16.7. The van der Waals surface area contributed by atoms with E-state index in [0.717, 1.165) is 0 Å². The summed E-state index contributed by atoms with van der Waals surface area (Å²) in [4.78, 5) is 16.9. The van der Waals surface area contributed by atoms with Crippen LogP contribution in [0.15, 0.2) is 30.5 Å². The van der Waals surface area contributed by atoms with Crippen molar-refractivity contribution in [2.45, 2.75) is 6.92 Å². The smallest absolute Gasteiger partial charge is 0.274 e. The van der Waals surface area contributed by atoms with E-state index in [1.165, 1.54) is 12.1 Å². The monoisotopic (exact) mass is 387 g/mol. The summed E-state index contributed by atoms with van der Waals surface area (Å²) in [6.45, 7) is 1.74. The lowest BCUT2D eigenvalue weighted by atomic mass is 10.2. The number of benzene rings is 1. The highest BCUT2D eigenvalue weighted by molar-refractivity contribution is 6.44. The molecule has 0 fully saturated rings. The third-order valence-corrected chi connectivity index (χ3v) is 4.51. The molecule has 3 rings (SSSR count). The van der Waals surface area contributed by atoms with Crippen LogP contribution in [0.5, 0.6) is 0 Å². The van der Waals surface area contributed by atoms with Crippen LogP contribution in [0.25, 0.3) is 5.65 Å². The molecule has 1 N–H and O–H groups in total. The molecule has 0 aliphatic heterocycles. The van der Waals surface area contributed by atoms with E-state index in [1.54, 1.807) is 29.7 Å². The molecule has 0 aliphatic carbocycles. The van der Waals surface area contributed by atoms with Crippen molar-refractivity contribution < 1.29 is 4.79 Å². The van der Waals surface area contributed by atoms with Crippen molar-refractivity contribution in [2.24, 2.45) is 0 Å². The van der Waals surface area contributed by atoms with Gasteiger partial charge >= 0.3 is 0 Å². The molecule has 2 heterocycles. The summed E-state index contributed by atoms with van der Waals surface area (Å²) in [7, 11) is 0. The highest BCUT2D eigenvalue weighted by atomic mass is 35.5. The maximum absolute atomic E-state index is 12.6. The van der Waals surface area contributed by atoms with Gasteiger partial charge in [0, 0.05) is 17.3 Å². The summed E-state index contributed by atoms with van der Waals surface area (Å²) >= 11 is 23.9. The summed E-state index contributed by atoms with van der Waals surface area (Å²) in [5, 5.41) is 4.17. The fraction of sp³-hybridized carbons (Fsp3) is 0.0667. The van der Waals surface area contributed by atoms with Crippen LogP contribution in [0.2, 0.25) is 20.1 Å². The topological polar surface area (TPSA) is 46.4 Å². The van der Waals surface area contributed by atoms with Gasteiger partial charge in [-0.1, -0.05) is 46.4 Å². The molecule has 0 aliphatic rings. The van der Waals surface area contributed by atoms with E-state index in [0.29, 0.717) is 42.8 Å². The van der Waals surface area contributed by atoms with Crippen LogP contribution in [-0.2, 0) is 0 Å². The van der Waals surface area contributed by atoms with Gasteiger partial charge in [0.25, 0.3) is 5.91 Å². The van der Waals surface area contributed by atoms with Gasteiger partial charge in [-0.15, -0.1) is 0 Å². The van der Waals surface area contributed by atoms with E-state index in [9.17, 15) is 4.79 Å². The molecular weight excluding hydrogens is 380 g/mol. The lowest BCUT2D eigenvalue weighted by Gasteiger charge is -2.09. The number of carbonyl (C=O) groups is 1. The van der Waals surface area contributed by atoms with Gasteiger partial charge in [-0.3, -0.25) is 9.20 Å². The molecule has 0 saturated heterocycles. The molecule has 0 saturated carbocycles. The standard InChI is InChI=1S/C15H9Cl4N3O/c1-7-14(22-3-2-8(16)4-13(22)20-7)15(23)21-12-6-10(18)9(17)5-11(12)19/h2-6H,1H3,(H,21,23). The van der Waals surface area contributed by atoms with E-state index < -0.39 is 0 Å². The number of aryl methyl sites for hydroxylation is 1. The summed E-state index contributed by atoms with van der Waals surface area (Å²) in [5.41, 5.74) is 1.91. The lowest BCUT2D eigenvalue weighted by Crippen LogP contribution is -2.16. The highest BCUT2D eigenvalue weighted by Gasteiger charge is 2.18. The minimum absolute atomic E-state index is 0.294. The Balaban J connectivity index is 2.02. The quantitative estimate of drug-likeness (QED) is 0.588. The summed E-state index contributed by atoms with van der Waals surface area (Å²) in [5.74, 6) is -0.363. The first-order valence-electron chi connectivity index (χ1n) is 6.47. The molecule has 1 amide bonds. The van der Waals surface area contributed by atoms with Crippen molar-refractivity contribution >= 4 is 63.6 Å². The number of nitrogens with one attached hydrogen (secondary N) is 1. The molecular formula is C15H9Cl4N3O. The number of amides is 1. The Labute approximate surface area is 151 Å². The van der Waals surface area contributed by atoms with Crippen molar-refractivity contribution in [3.8, 4) is 0 Å². The predicted octanol–water partition coefficient (Wildman–Crippen LogP) is 5.51. The first-order chi connectivity index (χ1) is 10.9. The van der Waals surface area contributed by atoms with Gasteiger partial charge in [0.05, 0.1) is 26.4 Å². The number of imidazole rings is 1. The van der Waals surface area contributed by atoms with E-state index in [2.05, 4.69) is 10.3 Å². The number of anilines is 1. The van der Waals surface area contributed by atoms with Crippen LogP contribution < -0.4 is 5.32 Å². The SMILES string of the molecule is Cc1nc2cc(Cl)ccn2c1C(=O)Nc1cc(Cl)c(Cl)cc1Cl. The Kier molecular flexibility index (Phi) is 4.43. The van der Waals surface area contributed by atoms with Crippen molar-refractivity contribution in [1.82, 2.24) is 9.38 Å². The lowest BCUT2D eigenvalue weighted by molar-refractivity contribution is 0.102. The van der Waals surface area contributed by atoms with Gasteiger partial charge in [-0.2, -0.15) is 0 Å². The number of hydrogen-bond acceptors (Lipinski definition) is 2.